The minimum atomic E-state index is -3.36. The van der Waals surface area contributed by atoms with E-state index < -0.39 is 38.5 Å². The molecule has 1 aliphatic heterocycles. The Morgan fingerprint density at radius 1 is 1.50 bits per heavy atom. The standard InChI is InChI=1S/C9H10N2O6S/c12-6-4-18(15,16)5-8(6)17-7-2-1-3-10-9(7)11(13)14/h1-3,6,8,12H,4-5H2. The van der Waals surface area contributed by atoms with Crippen molar-refractivity contribution in [2.45, 2.75) is 12.2 Å². The van der Waals surface area contributed by atoms with E-state index >= 15 is 0 Å². The number of aromatic nitrogens is 1. The van der Waals surface area contributed by atoms with Crippen LogP contribution < -0.4 is 4.74 Å². The monoisotopic (exact) mass is 274 g/mol. The summed E-state index contributed by atoms with van der Waals surface area (Å²) >= 11 is 0. The Labute approximate surface area is 102 Å². The summed E-state index contributed by atoms with van der Waals surface area (Å²) in [4.78, 5) is 13.5. The van der Waals surface area contributed by atoms with Crippen LogP contribution in [0.2, 0.25) is 0 Å². The van der Waals surface area contributed by atoms with Crippen LogP contribution in [0.15, 0.2) is 18.3 Å². The van der Waals surface area contributed by atoms with E-state index in [1.807, 2.05) is 0 Å². The van der Waals surface area contributed by atoms with Crippen LogP contribution in [0.25, 0.3) is 0 Å². The minimum absolute atomic E-state index is 0.149. The van der Waals surface area contributed by atoms with Crippen molar-refractivity contribution in [1.29, 1.82) is 0 Å². The Hall–Kier alpha value is -1.74. The molecule has 2 heterocycles. The molecule has 0 amide bonds. The first-order valence-corrected chi connectivity index (χ1v) is 6.86. The summed E-state index contributed by atoms with van der Waals surface area (Å²) in [5.41, 5.74) is 0. The van der Waals surface area contributed by atoms with Crippen LogP contribution in [0.5, 0.6) is 5.75 Å². The molecular weight excluding hydrogens is 264 g/mol. The molecule has 0 spiro atoms. The van der Waals surface area contributed by atoms with Crippen LogP contribution in [0.3, 0.4) is 0 Å². The van der Waals surface area contributed by atoms with Crippen LogP contribution in [0.4, 0.5) is 5.82 Å². The quantitative estimate of drug-likeness (QED) is 0.584. The van der Waals surface area contributed by atoms with E-state index in [0.29, 0.717) is 0 Å². The van der Waals surface area contributed by atoms with Crippen LogP contribution in [-0.2, 0) is 9.84 Å². The van der Waals surface area contributed by atoms with Gasteiger partial charge in [-0.2, -0.15) is 0 Å². The van der Waals surface area contributed by atoms with Crippen LogP contribution >= 0.6 is 0 Å². The van der Waals surface area contributed by atoms with Gasteiger partial charge in [0.05, 0.1) is 11.5 Å². The zero-order valence-corrected chi connectivity index (χ0v) is 9.91. The van der Waals surface area contributed by atoms with E-state index in [9.17, 15) is 23.6 Å². The number of nitro groups is 1. The maximum absolute atomic E-state index is 11.3. The van der Waals surface area contributed by atoms with Crippen molar-refractivity contribution < 1.29 is 23.2 Å². The summed E-state index contributed by atoms with van der Waals surface area (Å²) in [5.74, 6) is -1.41. The van der Waals surface area contributed by atoms with Crippen molar-refractivity contribution in [3.8, 4) is 5.75 Å². The molecule has 9 heteroatoms. The van der Waals surface area contributed by atoms with Gasteiger partial charge in [-0.15, -0.1) is 0 Å². The lowest BCUT2D eigenvalue weighted by Crippen LogP contribution is -2.30. The summed E-state index contributed by atoms with van der Waals surface area (Å²) in [6.07, 6.45) is -0.958. The third kappa shape index (κ3) is 2.57. The Morgan fingerprint density at radius 2 is 2.22 bits per heavy atom. The second-order valence-corrected chi connectivity index (χ2v) is 6.04. The van der Waals surface area contributed by atoms with Gasteiger partial charge in [-0.1, -0.05) is 0 Å². The largest absolute Gasteiger partial charge is 0.478 e. The predicted octanol–water partition coefficient (Wildman–Crippen LogP) is -0.474. The number of pyridine rings is 1. The molecule has 0 bridgehead atoms. The molecule has 8 nitrogen and oxygen atoms in total. The zero-order valence-electron chi connectivity index (χ0n) is 9.09. The fraction of sp³-hybridized carbons (Fsp3) is 0.444. The average molecular weight is 274 g/mol. The smallest absolute Gasteiger partial charge is 0.406 e. The van der Waals surface area contributed by atoms with Gasteiger partial charge in [0.25, 0.3) is 0 Å². The molecule has 1 aliphatic rings. The average Bonchev–Trinajstić information content (AvgIpc) is 2.52. The lowest BCUT2D eigenvalue weighted by atomic mass is 10.2. The second-order valence-electron chi connectivity index (χ2n) is 3.88. The first kappa shape index (κ1) is 12.7. The molecule has 0 aliphatic carbocycles. The maximum Gasteiger partial charge on any atom is 0.406 e. The summed E-state index contributed by atoms with van der Waals surface area (Å²) in [5, 5.41) is 20.2. The van der Waals surface area contributed by atoms with Gasteiger partial charge in [-0.05, 0) is 22.0 Å². The van der Waals surface area contributed by atoms with Gasteiger partial charge >= 0.3 is 5.82 Å². The molecule has 18 heavy (non-hydrogen) atoms. The highest BCUT2D eigenvalue weighted by Gasteiger charge is 2.39. The van der Waals surface area contributed by atoms with E-state index in [1.54, 1.807) is 0 Å². The SMILES string of the molecule is O=[N+]([O-])c1ncccc1OC1CS(=O)(=O)CC1O. The second kappa shape index (κ2) is 4.50. The number of hydrogen-bond donors (Lipinski definition) is 1. The van der Waals surface area contributed by atoms with Crippen LogP contribution in [0.1, 0.15) is 0 Å². The lowest BCUT2D eigenvalue weighted by Gasteiger charge is -2.14. The maximum atomic E-state index is 11.3. The Bertz CT molecular complexity index is 572. The Morgan fingerprint density at radius 3 is 2.78 bits per heavy atom. The molecule has 98 valence electrons. The van der Waals surface area contributed by atoms with E-state index in [4.69, 9.17) is 4.74 Å². The molecular formula is C9H10N2O6S. The first-order valence-electron chi connectivity index (χ1n) is 5.03. The van der Waals surface area contributed by atoms with E-state index in [1.165, 1.54) is 18.3 Å². The number of rotatable bonds is 3. The van der Waals surface area contributed by atoms with Crippen molar-refractivity contribution in [1.82, 2.24) is 4.98 Å². The van der Waals surface area contributed by atoms with Gasteiger partial charge in [-0.25, -0.2) is 8.42 Å². The summed E-state index contributed by atoms with van der Waals surface area (Å²) in [6.45, 7) is 0. The normalized spacial score (nSPS) is 25.8. The topological polar surface area (TPSA) is 120 Å². The van der Waals surface area contributed by atoms with Gasteiger partial charge in [0.2, 0.25) is 5.75 Å². The number of sulfone groups is 1. The highest BCUT2D eigenvalue weighted by molar-refractivity contribution is 7.91. The number of aliphatic hydroxyl groups excluding tert-OH is 1. The third-order valence-corrected chi connectivity index (χ3v) is 4.16. The van der Waals surface area contributed by atoms with E-state index in [-0.39, 0.29) is 11.5 Å². The molecule has 1 N–H and O–H groups in total. The van der Waals surface area contributed by atoms with Gasteiger partial charge in [0.15, 0.2) is 9.84 Å². The van der Waals surface area contributed by atoms with Crippen molar-refractivity contribution in [2.75, 3.05) is 11.5 Å². The molecule has 0 radical (unpaired) electrons. The van der Waals surface area contributed by atoms with E-state index in [2.05, 4.69) is 4.98 Å². The molecule has 2 rings (SSSR count). The summed E-state index contributed by atoms with van der Waals surface area (Å²) < 4.78 is 27.7. The summed E-state index contributed by atoms with van der Waals surface area (Å²) in [6, 6.07) is 2.74. The Kier molecular flexibility index (Phi) is 3.18. The van der Waals surface area contributed by atoms with Crippen molar-refractivity contribution in [3.05, 3.63) is 28.4 Å². The first-order chi connectivity index (χ1) is 8.39. The van der Waals surface area contributed by atoms with Crippen molar-refractivity contribution in [3.63, 3.8) is 0 Å². The predicted molar refractivity (Wildman–Crippen MR) is 60.0 cm³/mol. The third-order valence-electron chi connectivity index (χ3n) is 2.47. The van der Waals surface area contributed by atoms with Gasteiger partial charge in [-0.3, -0.25) is 0 Å². The fourth-order valence-electron chi connectivity index (χ4n) is 1.68. The lowest BCUT2D eigenvalue weighted by molar-refractivity contribution is -0.390. The number of ether oxygens (including phenoxy) is 1. The van der Waals surface area contributed by atoms with Crippen LogP contribution in [-0.4, -0.2) is 47.1 Å². The molecule has 1 aromatic heterocycles. The number of aliphatic hydroxyl groups is 1. The molecule has 1 saturated heterocycles. The number of hydrogen-bond acceptors (Lipinski definition) is 7. The molecule has 2 atom stereocenters. The minimum Gasteiger partial charge on any atom is -0.478 e. The number of nitrogens with zero attached hydrogens (tertiary/aromatic N) is 2. The Balaban J connectivity index is 2.23. The highest BCUT2D eigenvalue weighted by Crippen LogP contribution is 2.27. The fourth-order valence-corrected chi connectivity index (χ4v) is 3.35. The molecule has 1 aromatic rings. The van der Waals surface area contributed by atoms with Gasteiger partial charge in [0, 0.05) is 0 Å². The molecule has 0 saturated carbocycles. The van der Waals surface area contributed by atoms with Crippen molar-refractivity contribution >= 4 is 15.7 Å². The van der Waals surface area contributed by atoms with E-state index in [0.717, 1.165) is 0 Å². The van der Waals surface area contributed by atoms with Crippen molar-refractivity contribution in [2.24, 2.45) is 0 Å². The molecule has 2 unspecified atom stereocenters. The molecule has 0 aromatic carbocycles. The highest BCUT2D eigenvalue weighted by atomic mass is 32.2. The summed E-state index contributed by atoms with van der Waals surface area (Å²) in [7, 11) is -3.36. The molecule has 1 fully saturated rings. The van der Waals surface area contributed by atoms with Gasteiger partial charge in [0.1, 0.15) is 18.4 Å². The van der Waals surface area contributed by atoms with Gasteiger partial charge < -0.3 is 20.0 Å². The zero-order chi connectivity index (χ0) is 13.3. The van der Waals surface area contributed by atoms with Crippen LogP contribution in [0, 0.1) is 10.1 Å².